The zero-order chi connectivity index (χ0) is 25.0. The molecule has 0 fully saturated rings. The van der Waals surface area contributed by atoms with E-state index in [-0.39, 0.29) is 12.8 Å². The molecule has 0 unspecified atom stereocenters. The molecule has 6 heteroatoms. The van der Waals surface area contributed by atoms with Crippen molar-refractivity contribution in [3.05, 3.63) is 12.2 Å². The number of carbonyl (C=O) groups is 3. The molecule has 0 spiro atoms. The van der Waals surface area contributed by atoms with E-state index in [0.717, 1.165) is 32.1 Å². The molecule has 0 aliphatic carbocycles. The summed E-state index contributed by atoms with van der Waals surface area (Å²) in [7, 11) is 0. The van der Waals surface area contributed by atoms with E-state index >= 15 is 0 Å². The minimum Gasteiger partial charge on any atom is -0.481 e. The highest BCUT2D eigenvalue weighted by atomic mass is 16.4. The average molecular weight is 471 g/mol. The molecular weight excluding hydrogens is 420 g/mol. The summed E-state index contributed by atoms with van der Waals surface area (Å²) in [5.74, 6) is -2.18. The number of hydrogen-bond donors (Lipinski definition) is 3. The maximum absolute atomic E-state index is 10.3. The topological polar surface area (TPSA) is 112 Å². The number of hydrogen-bond acceptors (Lipinski definition) is 3. The second kappa shape index (κ2) is 28.2. The van der Waals surface area contributed by atoms with Crippen LogP contribution in [0.2, 0.25) is 0 Å². The molecule has 0 aromatic rings. The lowest BCUT2D eigenvalue weighted by atomic mass is 10.1. The molecular formula is C27H50O6. The largest absolute Gasteiger partial charge is 0.481 e. The van der Waals surface area contributed by atoms with Crippen molar-refractivity contribution in [3.8, 4) is 0 Å². The van der Waals surface area contributed by atoms with Gasteiger partial charge in [0.2, 0.25) is 0 Å². The van der Waals surface area contributed by atoms with Crippen LogP contribution in [0.5, 0.6) is 0 Å². The number of aliphatic carboxylic acids is 3. The van der Waals surface area contributed by atoms with E-state index in [4.69, 9.17) is 15.3 Å². The second-order valence-electron chi connectivity index (χ2n) is 8.78. The molecule has 0 radical (unpaired) electrons. The van der Waals surface area contributed by atoms with Crippen LogP contribution in [0.25, 0.3) is 0 Å². The zero-order valence-corrected chi connectivity index (χ0v) is 21.1. The summed E-state index contributed by atoms with van der Waals surface area (Å²) in [6.07, 6.45) is 25.8. The standard InChI is InChI=1S/C18H34O2.C9H16O4/c1-2-3-4-5-6-7-8-9-10-11-12-13-14-15-16-17-18(19)20;10-8(11)6-4-2-1-3-5-7-9(12)13/h9-10H,2-8,11-17H2,1H3,(H,19,20);1-7H2,(H,10,11)(H,12,13). The van der Waals surface area contributed by atoms with Gasteiger partial charge in [-0.05, 0) is 44.9 Å². The van der Waals surface area contributed by atoms with Gasteiger partial charge in [-0.15, -0.1) is 0 Å². The highest BCUT2D eigenvalue weighted by Gasteiger charge is 1.98. The van der Waals surface area contributed by atoms with Crippen LogP contribution < -0.4 is 0 Å². The van der Waals surface area contributed by atoms with Crippen LogP contribution >= 0.6 is 0 Å². The zero-order valence-electron chi connectivity index (χ0n) is 21.1. The highest BCUT2D eigenvalue weighted by molar-refractivity contribution is 5.67. The predicted molar refractivity (Wildman–Crippen MR) is 135 cm³/mol. The molecule has 194 valence electrons. The Kier molecular flexibility index (Phi) is 28.5. The number of carboxylic acid groups (broad SMARTS) is 3. The smallest absolute Gasteiger partial charge is 0.303 e. The maximum Gasteiger partial charge on any atom is 0.303 e. The van der Waals surface area contributed by atoms with E-state index < -0.39 is 17.9 Å². The van der Waals surface area contributed by atoms with Crippen LogP contribution in [-0.4, -0.2) is 33.2 Å². The Balaban J connectivity index is 0. The summed E-state index contributed by atoms with van der Waals surface area (Å²) in [5.41, 5.74) is 0. The van der Waals surface area contributed by atoms with Gasteiger partial charge in [-0.3, -0.25) is 14.4 Å². The van der Waals surface area contributed by atoms with Crippen molar-refractivity contribution < 1.29 is 29.7 Å². The summed E-state index contributed by atoms with van der Waals surface area (Å²) in [6, 6.07) is 0. The van der Waals surface area contributed by atoms with Crippen molar-refractivity contribution in [3.63, 3.8) is 0 Å². The highest BCUT2D eigenvalue weighted by Crippen LogP contribution is 2.10. The number of allylic oxidation sites excluding steroid dienone is 2. The number of unbranched alkanes of at least 4 members (excludes halogenated alkanes) is 15. The molecule has 0 amide bonds. The van der Waals surface area contributed by atoms with Crippen LogP contribution in [0.4, 0.5) is 0 Å². The predicted octanol–water partition coefficient (Wildman–Crippen LogP) is 7.99. The Hall–Kier alpha value is -1.85. The van der Waals surface area contributed by atoms with Crippen LogP contribution in [0.1, 0.15) is 142 Å². The Labute approximate surface area is 201 Å². The van der Waals surface area contributed by atoms with Crippen molar-refractivity contribution in [1.29, 1.82) is 0 Å². The van der Waals surface area contributed by atoms with Gasteiger partial charge in [0.25, 0.3) is 0 Å². The first-order valence-electron chi connectivity index (χ1n) is 13.2. The number of rotatable bonds is 23. The van der Waals surface area contributed by atoms with E-state index in [1.54, 1.807) is 0 Å². The van der Waals surface area contributed by atoms with Crippen LogP contribution in [0.3, 0.4) is 0 Å². The van der Waals surface area contributed by atoms with Gasteiger partial charge in [-0.2, -0.15) is 0 Å². The van der Waals surface area contributed by atoms with Crippen LogP contribution in [0.15, 0.2) is 12.2 Å². The summed E-state index contributed by atoms with van der Waals surface area (Å²) in [4.78, 5) is 30.5. The number of carboxylic acids is 3. The molecule has 0 bridgehead atoms. The van der Waals surface area contributed by atoms with E-state index in [1.165, 1.54) is 70.6 Å². The SMILES string of the molecule is CCCCCCCCC=CCCCCCCCC(=O)O.O=C(O)CCCCCCCC(=O)O. The van der Waals surface area contributed by atoms with Crippen molar-refractivity contribution in [2.45, 2.75) is 142 Å². The molecule has 6 nitrogen and oxygen atoms in total. The van der Waals surface area contributed by atoms with E-state index in [1.807, 2.05) is 0 Å². The summed E-state index contributed by atoms with van der Waals surface area (Å²) in [5, 5.41) is 25.1. The lowest BCUT2D eigenvalue weighted by Crippen LogP contribution is -1.95. The third kappa shape index (κ3) is 37.8. The molecule has 0 aromatic heterocycles. The lowest BCUT2D eigenvalue weighted by molar-refractivity contribution is -0.138. The van der Waals surface area contributed by atoms with Crippen molar-refractivity contribution in [2.75, 3.05) is 0 Å². The van der Waals surface area contributed by atoms with E-state index in [9.17, 15) is 14.4 Å². The Morgan fingerprint density at radius 3 is 1.03 bits per heavy atom. The molecule has 0 aromatic carbocycles. The van der Waals surface area contributed by atoms with Crippen molar-refractivity contribution >= 4 is 17.9 Å². The van der Waals surface area contributed by atoms with E-state index in [2.05, 4.69) is 19.1 Å². The Bertz CT molecular complexity index is 469. The molecule has 0 saturated carbocycles. The van der Waals surface area contributed by atoms with Gasteiger partial charge >= 0.3 is 17.9 Å². The molecule has 0 aliphatic rings. The molecule has 0 saturated heterocycles. The van der Waals surface area contributed by atoms with Gasteiger partial charge in [0, 0.05) is 19.3 Å². The molecule has 33 heavy (non-hydrogen) atoms. The molecule has 0 rings (SSSR count). The monoisotopic (exact) mass is 470 g/mol. The van der Waals surface area contributed by atoms with Crippen molar-refractivity contribution in [1.82, 2.24) is 0 Å². The quantitative estimate of drug-likeness (QED) is 0.103. The molecule has 0 aliphatic heterocycles. The van der Waals surface area contributed by atoms with Crippen LogP contribution in [-0.2, 0) is 14.4 Å². The fourth-order valence-electron chi connectivity index (χ4n) is 3.43. The Morgan fingerprint density at radius 2 is 0.727 bits per heavy atom. The minimum atomic E-state index is -0.759. The minimum absolute atomic E-state index is 0.221. The lowest BCUT2D eigenvalue weighted by Gasteiger charge is -1.99. The summed E-state index contributed by atoms with van der Waals surface area (Å²) in [6.45, 7) is 2.26. The molecule has 0 atom stereocenters. The van der Waals surface area contributed by atoms with Gasteiger partial charge in [0.1, 0.15) is 0 Å². The summed E-state index contributed by atoms with van der Waals surface area (Å²) < 4.78 is 0. The van der Waals surface area contributed by atoms with Gasteiger partial charge in [0.05, 0.1) is 0 Å². The molecule has 0 heterocycles. The van der Waals surface area contributed by atoms with Crippen LogP contribution in [0, 0.1) is 0 Å². The first-order valence-corrected chi connectivity index (χ1v) is 13.2. The average Bonchev–Trinajstić information content (AvgIpc) is 2.75. The normalized spacial score (nSPS) is 10.7. The summed E-state index contributed by atoms with van der Waals surface area (Å²) >= 11 is 0. The third-order valence-electron chi connectivity index (χ3n) is 5.43. The maximum atomic E-state index is 10.3. The third-order valence-corrected chi connectivity index (χ3v) is 5.43. The van der Waals surface area contributed by atoms with Gasteiger partial charge in [-0.25, -0.2) is 0 Å². The van der Waals surface area contributed by atoms with Gasteiger partial charge in [0.15, 0.2) is 0 Å². The Morgan fingerprint density at radius 1 is 0.455 bits per heavy atom. The van der Waals surface area contributed by atoms with Crippen molar-refractivity contribution in [2.24, 2.45) is 0 Å². The fourth-order valence-corrected chi connectivity index (χ4v) is 3.43. The first-order chi connectivity index (χ1) is 15.9. The fraction of sp³-hybridized carbons (Fsp3) is 0.815. The van der Waals surface area contributed by atoms with Gasteiger partial charge < -0.3 is 15.3 Å². The van der Waals surface area contributed by atoms with E-state index in [0.29, 0.717) is 19.3 Å². The first kappa shape index (κ1) is 33.3. The second-order valence-corrected chi connectivity index (χ2v) is 8.78. The molecule has 3 N–H and O–H groups in total. The van der Waals surface area contributed by atoms with Gasteiger partial charge in [-0.1, -0.05) is 89.7 Å².